The molecule has 36 heavy (non-hydrogen) atoms. The summed E-state index contributed by atoms with van der Waals surface area (Å²) in [6.07, 6.45) is 5.46. The minimum absolute atomic E-state index is 0.0354. The van der Waals surface area contributed by atoms with E-state index in [-0.39, 0.29) is 17.9 Å². The number of carbonyl (C=O) groups excluding carboxylic acids is 1. The number of hydrogen-bond donors (Lipinski definition) is 2. The van der Waals surface area contributed by atoms with E-state index in [1.54, 1.807) is 18.3 Å². The molecule has 1 saturated carbocycles. The normalized spacial score (nSPS) is 15.6. The number of hydrogen-bond acceptors (Lipinski definition) is 7. The van der Waals surface area contributed by atoms with E-state index in [4.69, 9.17) is 15.2 Å². The maximum Gasteiger partial charge on any atom is 0.319 e. The Morgan fingerprint density at radius 3 is 2.67 bits per heavy atom. The fourth-order valence-electron chi connectivity index (χ4n) is 4.06. The quantitative estimate of drug-likeness (QED) is 0.356. The lowest BCUT2D eigenvalue weighted by molar-refractivity contribution is 0.00748. The molecule has 2 fully saturated rings. The van der Waals surface area contributed by atoms with Gasteiger partial charge in [0.25, 0.3) is 0 Å². The monoisotopic (exact) mass is 505 g/mol. The van der Waals surface area contributed by atoms with Crippen molar-refractivity contribution in [2.75, 3.05) is 18.0 Å². The molecule has 2 amide bonds. The van der Waals surface area contributed by atoms with Crippen molar-refractivity contribution in [3.8, 4) is 22.1 Å². The highest BCUT2D eigenvalue weighted by Gasteiger charge is 2.33. The number of benzene rings is 1. The molecular weight excluding hydrogens is 481 g/mol. The van der Waals surface area contributed by atoms with E-state index in [1.807, 2.05) is 24.4 Å². The van der Waals surface area contributed by atoms with Crippen molar-refractivity contribution in [3.63, 3.8) is 0 Å². The van der Waals surface area contributed by atoms with Crippen molar-refractivity contribution in [1.29, 1.82) is 0 Å². The van der Waals surface area contributed by atoms with Crippen LogP contribution in [0.25, 0.3) is 20.8 Å². The highest BCUT2D eigenvalue weighted by atomic mass is 32.1. The zero-order valence-electron chi connectivity index (χ0n) is 19.3. The molecule has 4 heterocycles. The highest BCUT2D eigenvalue weighted by molar-refractivity contribution is 7.22. The number of rotatable bonds is 8. The molecule has 1 aliphatic carbocycles. The first kappa shape index (κ1) is 22.8. The van der Waals surface area contributed by atoms with Crippen molar-refractivity contribution < 1.29 is 18.7 Å². The third-order valence-corrected chi connectivity index (χ3v) is 7.41. The molecule has 3 N–H and O–H groups in total. The van der Waals surface area contributed by atoms with E-state index >= 15 is 0 Å². The summed E-state index contributed by atoms with van der Waals surface area (Å²) in [4.78, 5) is 23.2. The van der Waals surface area contributed by atoms with E-state index in [0.29, 0.717) is 18.0 Å². The predicted molar refractivity (Wildman–Crippen MR) is 136 cm³/mol. The van der Waals surface area contributed by atoms with Crippen LogP contribution in [0.2, 0.25) is 0 Å². The van der Waals surface area contributed by atoms with Gasteiger partial charge in [-0.1, -0.05) is 6.07 Å². The van der Waals surface area contributed by atoms with Crippen LogP contribution in [-0.4, -0.2) is 41.2 Å². The minimum atomic E-state index is -0.586. The first-order chi connectivity index (χ1) is 17.5. The molecule has 0 radical (unpaired) electrons. The van der Waals surface area contributed by atoms with Crippen molar-refractivity contribution in [3.05, 3.63) is 66.2 Å². The maximum absolute atomic E-state index is 15.0. The van der Waals surface area contributed by atoms with Gasteiger partial charge in [-0.15, -0.1) is 11.3 Å². The van der Waals surface area contributed by atoms with Crippen LogP contribution in [0, 0.1) is 5.82 Å². The topological polar surface area (TPSA) is 103 Å². The largest absolute Gasteiger partial charge is 0.453 e. The summed E-state index contributed by atoms with van der Waals surface area (Å²) < 4.78 is 27.5. The molecule has 8 nitrogen and oxygen atoms in total. The van der Waals surface area contributed by atoms with Gasteiger partial charge in [0.1, 0.15) is 5.75 Å². The Morgan fingerprint density at radius 2 is 2.00 bits per heavy atom. The van der Waals surface area contributed by atoms with Crippen LogP contribution in [0.4, 0.5) is 14.9 Å². The minimum Gasteiger partial charge on any atom is -0.453 e. The summed E-state index contributed by atoms with van der Waals surface area (Å²) >= 11 is 1.48. The van der Waals surface area contributed by atoms with Crippen molar-refractivity contribution in [1.82, 2.24) is 15.3 Å². The molecule has 4 aromatic rings. The molecule has 1 aliphatic heterocycles. The Balaban J connectivity index is 1.22. The number of amides is 2. The smallest absolute Gasteiger partial charge is 0.319 e. The molecule has 2 aliphatic rings. The average Bonchev–Trinajstić information content (AvgIpc) is 3.56. The molecule has 1 aromatic carbocycles. The number of fused-ring (bicyclic) bond motifs is 1. The van der Waals surface area contributed by atoms with E-state index < -0.39 is 11.8 Å². The van der Waals surface area contributed by atoms with Gasteiger partial charge in [0.15, 0.2) is 11.6 Å². The number of primary amides is 1. The highest BCUT2D eigenvalue weighted by Crippen LogP contribution is 2.40. The number of nitrogens with one attached hydrogen (secondary N) is 1. The van der Waals surface area contributed by atoms with Gasteiger partial charge in [-0.05, 0) is 42.7 Å². The Labute approximate surface area is 210 Å². The lowest BCUT2D eigenvalue weighted by Crippen LogP contribution is -2.48. The van der Waals surface area contributed by atoms with E-state index in [2.05, 4.69) is 15.3 Å². The van der Waals surface area contributed by atoms with Crippen molar-refractivity contribution in [2.45, 2.75) is 31.6 Å². The number of nitrogens with zero attached hydrogens (tertiary/aromatic N) is 3. The van der Waals surface area contributed by atoms with Crippen LogP contribution >= 0.6 is 11.3 Å². The summed E-state index contributed by atoms with van der Waals surface area (Å²) in [6, 6.07) is 11.5. The average molecular weight is 506 g/mol. The van der Waals surface area contributed by atoms with Gasteiger partial charge >= 0.3 is 6.03 Å². The maximum atomic E-state index is 15.0. The third-order valence-electron chi connectivity index (χ3n) is 6.25. The summed E-state index contributed by atoms with van der Waals surface area (Å²) in [5, 5.41) is 3.19. The van der Waals surface area contributed by atoms with Crippen molar-refractivity contribution in [2.24, 2.45) is 5.73 Å². The molecular formula is C26H24FN5O3S. The number of pyridine rings is 2. The number of anilines is 1. The Morgan fingerprint density at radius 1 is 1.14 bits per heavy atom. The van der Waals surface area contributed by atoms with Gasteiger partial charge in [-0.3, -0.25) is 14.9 Å². The number of halogens is 1. The number of nitrogens with two attached hydrogens (primary N) is 1. The lowest BCUT2D eigenvalue weighted by atomic mass is 10.2. The van der Waals surface area contributed by atoms with Crippen LogP contribution in [0.1, 0.15) is 18.4 Å². The first-order valence-electron chi connectivity index (χ1n) is 11.8. The molecule has 0 spiro atoms. The predicted octanol–water partition coefficient (Wildman–Crippen LogP) is 4.83. The van der Waals surface area contributed by atoms with Gasteiger partial charge in [-0.25, -0.2) is 9.18 Å². The van der Waals surface area contributed by atoms with Crippen LogP contribution in [0.5, 0.6) is 11.5 Å². The molecule has 0 atom stereocenters. The van der Waals surface area contributed by atoms with Gasteiger partial charge < -0.3 is 20.5 Å². The van der Waals surface area contributed by atoms with Crippen LogP contribution in [-0.2, 0) is 11.3 Å². The number of carbonyl (C=O) groups is 1. The molecule has 10 heteroatoms. The van der Waals surface area contributed by atoms with Crippen LogP contribution in [0.3, 0.4) is 0 Å². The van der Waals surface area contributed by atoms with Crippen molar-refractivity contribution >= 4 is 33.3 Å². The van der Waals surface area contributed by atoms with Crippen LogP contribution < -0.4 is 20.7 Å². The van der Waals surface area contributed by atoms with Gasteiger partial charge in [-0.2, -0.15) is 0 Å². The fourth-order valence-corrected chi connectivity index (χ4v) is 5.10. The molecule has 6 rings (SSSR count). The fraction of sp³-hybridized carbons (Fsp3) is 0.269. The number of aromatic nitrogens is 2. The second-order valence-corrected chi connectivity index (χ2v) is 9.99. The Hall–Kier alpha value is -3.60. The SMILES string of the molecule is NC(=O)N(c1ccc(Oc2ccnc3cc(-c4ccc(COC5CNC5)cn4)sc23)c(F)c1)C1CC1. The summed E-state index contributed by atoms with van der Waals surface area (Å²) in [5.74, 6) is -0.0140. The zero-order chi connectivity index (χ0) is 24.6. The van der Waals surface area contributed by atoms with E-state index in [1.165, 1.54) is 28.4 Å². The first-order valence-corrected chi connectivity index (χ1v) is 12.6. The Bertz CT molecular complexity index is 1420. The summed E-state index contributed by atoms with van der Waals surface area (Å²) in [6.45, 7) is 2.32. The van der Waals surface area contributed by atoms with E-state index in [0.717, 1.165) is 52.3 Å². The summed E-state index contributed by atoms with van der Waals surface area (Å²) in [7, 11) is 0. The summed E-state index contributed by atoms with van der Waals surface area (Å²) in [5.41, 5.74) is 8.50. The molecule has 0 unspecified atom stereocenters. The van der Waals surface area contributed by atoms with Gasteiger partial charge in [0.05, 0.1) is 33.5 Å². The zero-order valence-corrected chi connectivity index (χ0v) is 20.1. The molecule has 184 valence electrons. The number of ether oxygens (including phenoxy) is 2. The number of urea groups is 1. The van der Waals surface area contributed by atoms with Gasteiger partial charge in [0.2, 0.25) is 0 Å². The van der Waals surface area contributed by atoms with Crippen LogP contribution in [0.15, 0.2) is 54.9 Å². The Kier molecular flexibility index (Phi) is 6.00. The third kappa shape index (κ3) is 4.62. The lowest BCUT2D eigenvalue weighted by Gasteiger charge is -2.27. The molecule has 1 saturated heterocycles. The number of thiophene rings is 1. The second-order valence-electron chi connectivity index (χ2n) is 8.93. The van der Waals surface area contributed by atoms with E-state index in [9.17, 15) is 9.18 Å². The molecule has 0 bridgehead atoms. The molecule has 3 aromatic heterocycles. The standard InChI is InChI=1S/C26H24FN5O3S/c27-19-9-17(32(26(28)33)16-2-3-16)4-6-22(19)35-23-7-8-30-21-10-24(36-25(21)23)20-5-1-15(11-31-20)14-34-18-12-29-13-18/h1,4-11,16,18,29H,2-3,12-14H2,(H2,28,33). The van der Waals surface area contributed by atoms with Gasteiger partial charge in [0, 0.05) is 49.3 Å². The second kappa shape index (κ2) is 9.45.